The van der Waals surface area contributed by atoms with Crippen LogP contribution in [0.15, 0.2) is 0 Å². The summed E-state index contributed by atoms with van der Waals surface area (Å²) in [7, 11) is 0. The highest BCUT2D eigenvalue weighted by Crippen LogP contribution is 2.49. The lowest BCUT2D eigenvalue weighted by Gasteiger charge is -2.28. The summed E-state index contributed by atoms with van der Waals surface area (Å²) in [6.07, 6.45) is 3.78. The van der Waals surface area contributed by atoms with E-state index in [1.807, 2.05) is 0 Å². The van der Waals surface area contributed by atoms with Crippen LogP contribution >= 0.6 is 23.5 Å². The molecule has 0 aromatic carbocycles. The lowest BCUT2D eigenvalue weighted by molar-refractivity contribution is -0.302. The molecule has 6 heteroatoms. The molecule has 0 N–H and O–H groups in total. The van der Waals surface area contributed by atoms with Crippen molar-refractivity contribution in [2.24, 2.45) is 0 Å². The van der Waals surface area contributed by atoms with Gasteiger partial charge in [-0.1, -0.05) is 12.8 Å². The highest BCUT2D eigenvalue weighted by atomic mass is 32.2. The number of thioether (sulfide) groups is 2. The van der Waals surface area contributed by atoms with E-state index >= 15 is 0 Å². The highest BCUT2D eigenvalue weighted by Gasteiger charge is 2.34. The zero-order valence-electron chi connectivity index (χ0n) is 8.19. The number of carboxylic acids is 2. The van der Waals surface area contributed by atoms with Gasteiger partial charge in [0.1, 0.15) is 0 Å². The van der Waals surface area contributed by atoms with Crippen LogP contribution in [-0.4, -0.2) is 27.5 Å². The molecule has 0 heterocycles. The van der Waals surface area contributed by atoms with Gasteiger partial charge >= 0.3 is 0 Å². The summed E-state index contributed by atoms with van der Waals surface area (Å²) in [6.45, 7) is 0. The molecule has 0 saturated heterocycles. The molecule has 86 valence electrons. The van der Waals surface area contributed by atoms with Gasteiger partial charge in [0.05, 0.1) is 16.0 Å². The molecule has 0 aliphatic heterocycles. The van der Waals surface area contributed by atoms with Crippen LogP contribution in [0, 0.1) is 0 Å². The number of aliphatic carboxylic acids is 2. The van der Waals surface area contributed by atoms with Gasteiger partial charge < -0.3 is 19.8 Å². The Bertz CT molecular complexity index is 228. The zero-order valence-corrected chi connectivity index (χ0v) is 9.83. The SMILES string of the molecule is O=C([O-])CSC1(SCC(=O)[O-])CCCC1. The second kappa shape index (κ2) is 5.65. The van der Waals surface area contributed by atoms with Crippen LogP contribution in [0.1, 0.15) is 25.7 Å². The first-order chi connectivity index (χ1) is 7.04. The molecule has 0 aromatic heterocycles. The zero-order chi connectivity index (χ0) is 11.3. The van der Waals surface area contributed by atoms with Gasteiger partial charge in [0, 0.05) is 11.5 Å². The molecule has 1 aliphatic rings. The summed E-state index contributed by atoms with van der Waals surface area (Å²) >= 11 is 2.58. The van der Waals surface area contributed by atoms with Crippen LogP contribution in [-0.2, 0) is 9.59 Å². The molecule has 4 nitrogen and oxygen atoms in total. The fourth-order valence-corrected chi connectivity index (χ4v) is 4.23. The Labute approximate surface area is 96.8 Å². The van der Waals surface area contributed by atoms with Gasteiger partial charge in [-0.2, -0.15) is 0 Å². The molecule has 0 atom stereocenters. The summed E-state index contributed by atoms with van der Waals surface area (Å²) in [4.78, 5) is 20.7. The van der Waals surface area contributed by atoms with Crippen LogP contribution in [0.4, 0.5) is 0 Å². The van der Waals surface area contributed by atoms with E-state index in [2.05, 4.69) is 0 Å². The minimum Gasteiger partial charge on any atom is -0.549 e. The molecular formula is C9H12O4S2-2. The number of rotatable bonds is 6. The molecule has 1 rings (SSSR count). The highest BCUT2D eigenvalue weighted by molar-refractivity contribution is 8.18. The van der Waals surface area contributed by atoms with Gasteiger partial charge in [-0.15, -0.1) is 23.5 Å². The van der Waals surface area contributed by atoms with E-state index in [1.165, 1.54) is 23.5 Å². The van der Waals surface area contributed by atoms with E-state index in [0.29, 0.717) is 0 Å². The second-order valence-electron chi connectivity index (χ2n) is 3.44. The molecule has 1 saturated carbocycles. The first-order valence-corrected chi connectivity index (χ1v) is 6.69. The fraction of sp³-hybridized carbons (Fsp3) is 0.778. The van der Waals surface area contributed by atoms with E-state index in [0.717, 1.165) is 25.7 Å². The van der Waals surface area contributed by atoms with Gasteiger partial charge in [0.2, 0.25) is 0 Å². The molecule has 1 fully saturated rings. The van der Waals surface area contributed by atoms with Crippen molar-refractivity contribution in [2.45, 2.75) is 29.8 Å². The maximum Gasteiger partial charge on any atom is 0.0618 e. The molecular weight excluding hydrogens is 236 g/mol. The van der Waals surface area contributed by atoms with Crippen LogP contribution < -0.4 is 10.2 Å². The lowest BCUT2D eigenvalue weighted by atomic mass is 10.4. The number of carbonyl (C=O) groups excluding carboxylic acids is 2. The lowest BCUT2D eigenvalue weighted by Crippen LogP contribution is -2.30. The first kappa shape index (κ1) is 12.7. The van der Waals surface area contributed by atoms with Crippen LogP contribution in [0.25, 0.3) is 0 Å². The normalized spacial score (nSPS) is 18.9. The van der Waals surface area contributed by atoms with Crippen LogP contribution in [0.2, 0.25) is 0 Å². The average molecular weight is 248 g/mol. The first-order valence-electron chi connectivity index (χ1n) is 4.72. The third kappa shape index (κ3) is 4.34. The average Bonchev–Trinajstić information content (AvgIpc) is 2.61. The third-order valence-electron chi connectivity index (χ3n) is 2.27. The maximum absolute atomic E-state index is 10.4. The predicted octanol–water partition coefficient (Wildman–Crippen LogP) is -0.777. The Morgan fingerprint density at radius 1 is 1.00 bits per heavy atom. The summed E-state index contributed by atoms with van der Waals surface area (Å²) in [5.74, 6) is -2.33. The van der Waals surface area contributed by atoms with Gasteiger partial charge in [-0.05, 0) is 12.8 Å². The molecule has 0 amide bonds. The fourth-order valence-electron chi connectivity index (χ4n) is 1.62. The standard InChI is InChI=1S/C9H14O4S2/c10-7(11)5-14-9(3-1-2-4-9)15-6-8(12)13/h1-6H2,(H,10,11)(H,12,13)/p-2. The minimum atomic E-state index is -1.10. The van der Waals surface area contributed by atoms with E-state index in [9.17, 15) is 19.8 Å². The number of carboxylic acid groups (broad SMARTS) is 2. The van der Waals surface area contributed by atoms with Gasteiger partial charge in [0.15, 0.2) is 0 Å². The van der Waals surface area contributed by atoms with Gasteiger partial charge in [0.25, 0.3) is 0 Å². The van der Waals surface area contributed by atoms with Crippen molar-refractivity contribution >= 4 is 35.5 Å². The Balaban J connectivity index is 2.46. The van der Waals surface area contributed by atoms with Gasteiger partial charge in [-0.25, -0.2) is 0 Å². The topological polar surface area (TPSA) is 80.3 Å². The van der Waals surface area contributed by atoms with Crippen molar-refractivity contribution in [3.05, 3.63) is 0 Å². The smallest absolute Gasteiger partial charge is 0.0618 e. The Morgan fingerprint density at radius 2 is 1.40 bits per heavy atom. The number of hydrogen-bond acceptors (Lipinski definition) is 6. The van der Waals surface area contributed by atoms with Crippen LogP contribution in [0.3, 0.4) is 0 Å². The second-order valence-corrected chi connectivity index (χ2v) is 6.42. The quantitative estimate of drug-likeness (QED) is 0.574. The van der Waals surface area contributed by atoms with Crippen molar-refractivity contribution in [3.63, 3.8) is 0 Å². The van der Waals surface area contributed by atoms with Crippen LogP contribution in [0.5, 0.6) is 0 Å². The summed E-state index contributed by atoms with van der Waals surface area (Å²) < 4.78 is -0.250. The van der Waals surface area contributed by atoms with Gasteiger partial charge in [-0.3, -0.25) is 0 Å². The minimum absolute atomic E-state index is 0.0694. The van der Waals surface area contributed by atoms with E-state index < -0.39 is 11.9 Å². The van der Waals surface area contributed by atoms with Crippen molar-refractivity contribution < 1.29 is 19.8 Å². The largest absolute Gasteiger partial charge is 0.549 e. The Kier molecular flexibility index (Phi) is 4.79. The number of hydrogen-bond donors (Lipinski definition) is 0. The summed E-state index contributed by atoms with van der Waals surface area (Å²) in [6, 6.07) is 0. The van der Waals surface area contributed by atoms with Crippen molar-refractivity contribution in [1.29, 1.82) is 0 Å². The van der Waals surface area contributed by atoms with E-state index in [1.54, 1.807) is 0 Å². The molecule has 0 aromatic rings. The predicted molar refractivity (Wildman–Crippen MR) is 56.1 cm³/mol. The summed E-state index contributed by atoms with van der Waals surface area (Å²) in [5, 5.41) is 20.7. The molecule has 0 unspecified atom stereocenters. The van der Waals surface area contributed by atoms with Crippen molar-refractivity contribution in [1.82, 2.24) is 0 Å². The van der Waals surface area contributed by atoms with E-state index in [4.69, 9.17) is 0 Å². The Hall–Kier alpha value is -0.360. The molecule has 0 bridgehead atoms. The third-order valence-corrected chi connectivity index (χ3v) is 5.61. The monoisotopic (exact) mass is 248 g/mol. The molecule has 15 heavy (non-hydrogen) atoms. The van der Waals surface area contributed by atoms with Crippen molar-refractivity contribution in [3.8, 4) is 0 Å². The molecule has 0 radical (unpaired) electrons. The maximum atomic E-state index is 10.4. The molecule has 0 spiro atoms. The van der Waals surface area contributed by atoms with Crippen molar-refractivity contribution in [2.75, 3.05) is 11.5 Å². The molecule has 1 aliphatic carbocycles. The number of carbonyl (C=O) groups is 2. The van der Waals surface area contributed by atoms with E-state index in [-0.39, 0.29) is 15.6 Å². The summed E-state index contributed by atoms with van der Waals surface area (Å²) in [5.41, 5.74) is 0. The Morgan fingerprint density at radius 3 is 1.73 bits per heavy atom.